The Bertz CT molecular complexity index is 442. The molecule has 2 aromatic rings. The van der Waals surface area contributed by atoms with Gasteiger partial charge in [0.1, 0.15) is 11.9 Å². The van der Waals surface area contributed by atoms with Gasteiger partial charge in [-0.1, -0.05) is 36.4 Å². The van der Waals surface area contributed by atoms with E-state index in [-0.39, 0.29) is 0 Å². The monoisotopic (exact) mass is 200 g/mol. The van der Waals surface area contributed by atoms with E-state index < -0.39 is 6.10 Å². The van der Waals surface area contributed by atoms with E-state index in [1.807, 2.05) is 30.3 Å². The van der Waals surface area contributed by atoms with Crippen molar-refractivity contribution in [3.05, 3.63) is 59.8 Å². The lowest BCUT2D eigenvalue weighted by molar-refractivity contribution is 0.220. The number of rotatable bonds is 2. The van der Waals surface area contributed by atoms with Crippen LogP contribution in [0.3, 0.4) is 0 Å². The van der Waals surface area contributed by atoms with Crippen molar-refractivity contribution in [3.63, 3.8) is 0 Å². The van der Waals surface area contributed by atoms with Gasteiger partial charge < -0.3 is 10.8 Å². The summed E-state index contributed by atoms with van der Waals surface area (Å²) in [5.41, 5.74) is 7.15. The summed E-state index contributed by atoms with van der Waals surface area (Å²) in [6.45, 7) is 0. The molecule has 0 radical (unpaired) electrons. The summed E-state index contributed by atoms with van der Waals surface area (Å²) in [5, 5.41) is 10.1. The second kappa shape index (κ2) is 4.11. The molecule has 1 atom stereocenters. The number of pyridine rings is 1. The fourth-order valence-corrected chi connectivity index (χ4v) is 1.48. The molecule has 15 heavy (non-hydrogen) atoms. The minimum Gasteiger partial charge on any atom is -0.384 e. The van der Waals surface area contributed by atoms with Crippen molar-refractivity contribution in [2.24, 2.45) is 0 Å². The Morgan fingerprint density at radius 1 is 1.07 bits per heavy atom. The third kappa shape index (κ3) is 1.97. The van der Waals surface area contributed by atoms with Gasteiger partial charge >= 0.3 is 0 Å². The van der Waals surface area contributed by atoms with Gasteiger partial charge in [0, 0.05) is 11.8 Å². The van der Waals surface area contributed by atoms with Crippen LogP contribution >= 0.6 is 0 Å². The number of nitrogen functional groups attached to an aromatic ring is 1. The molecule has 0 amide bonds. The molecule has 0 saturated heterocycles. The van der Waals surface area contributed by atoms with Crippen LogP contribution in [-0.2, 0) is 0 Å². The molecule has 0 saturated carbocycles. The zero-order valence-corrected chi connectivity index (χ0v) is 8.17. The number of hydrogen-bond acceptors (Lipinski definition) is 3. The minimum atomic E-state index is -0.708. The maximum Gasteiger partial charge on any atom is 0.129 e. The Hall–Kier alpha value is -1.87. The molecule has 0 aliphatic heterocycles. The van der Waals surface area contributed by atoms with Gasteiger partial charge in [-0.2, -0.15) is 0 Å². The predicted octanol–water partition coefficient (Wildman–Crippen LogP) is 1.75. The van der Waals surface area contributed by atoms with Crippen LogP contribution in [0.4, 0.5) is 5.82 Å². The number of aromatic nitrogens is 1. The first kappa shape index (κ1) is 9.68. The summed E-state index contributed by atoms with van der Waals surface area (Å²) >= 11 is 0. The summed E-state index contributed by atoms with van der Waals surface area (Å²) in [7, 11) is 0. The average Bonchev–Trinajstić information content (AvgIpc) is 2.30. The summed E-state index contributed by atoms with van der Waals surface area (Å²) in [4.78, 5) is 3.94. The van der Waals surface area contributed by atoms with Crippen LogP contribution in [0.2, 0.25) is 0 Å². The Morgan fingerprint density at radius 3 is 2.47 bits per heavy atom. The summed E-state index contributed by atoms with van der Waals surface area (Å²) in [6, 6.07) is 12.9. The standard InChI is InChI=1S/C12H12N2O/c13-12-10(7-4-8-14-12)11(15)9-5-2-1-3-6-9/h1-8,11,15H,(H2,13,14). The zero-order chi connectivity index (χ0) is 10.7. The van der Waals surface area contributed by atoms with Gasteiger partial charge in [0.25, 0.3) is 0 Å². The summed E-state index contributed by atoms with van der Waals surface area (Å²) < 4.78 is 0. The average molecular weight is 200 g/mol. The summed E-state index contributed by atoms with van der Waals surface area (Å²) in [5.74, 6) is 0.369. The number of aliphatic hydroxyl groups is 1. The van der Waals surface area contributed by atoms with E-state index in [1.54, 1.807) is 18.3 Å². The van der Waals surface area contributed by atoms with Crippen molar-refractivity contribution in [2.45, 2.75) is 6.10 Å². The summed E-state index contributed by atoms with van der Waals surface area (Å²) in [6.07, 6.45) is 0.899. The highest BCUT2D eigenvalue weighted by atomic mass is 16.3. The quantitative estimate of drug-likeness (QED) is 0.776. The SMILES string of the molecule is Nc1ncccc1C(O)c1ccccc1. The lowest BCUT2D eigenvalue weighted by Crippen LogP contribution is -2.04. The fraction of sp³-hybridized carbons (Fsp3) is 0.0833. The van der Waals surface area contributed by atoms with E-state index >= 15 is 0 Å². The van der Waals surface area contributed by atoms with Gasteiger partial charge in [0.2, 0.25) is 0 Å². The highest BCUT2D eigenvalue weighted by Gasteiger charge is 2.12. The molecule has 0 aliphatic carbocycles. The second-order valence-electron chi connectivity index (χ2n) is 3.29. The second-order valence-corrected chi connectivity index (χ2v) is 3.29. The molecule has 3 N–H and O–H groups in total. The molecule has 0 spiro atoms. The first-order chi connectivity index (χ1) is 7.29. The number of benzene rings is 1. The normalized spacial score (nSPS) is 12.3. The highest BCUT2D eigenvalue weighted by Crippen LogP contribution is 2.24. The largest absolute Gasteiger partial charge is 0.384 e. The molecule has 76 valence electrons. The van der Waals surface area contributed by atoms with Crippen molar-refractivity contribution in [3.8, 4) is 0 Å². The molecule has 1 aromatic carbocycles. The van der Waals surface area contributed by atoms with E-state index in [9.17, 15) is 5.11 Å². The third-order valence-corrected chi connectivity index (χ3v) is 2.28. The first-order valence-corrected chi connectivity index (χ1v) is 4.72. The molecule has 1 aromatic heterocycles. The molecule has 3 heteroatoms. The van der Waals surface area contributed by atoms with Crippen LogP contribution in [0.1, 0.15) is 17.2 Å². The van der Waals surface area contributed by atoms with Crippen LogP contribution in [0.15, 0.2) is 48.7 Å². The van der Waals surface area contributed by atoms with Crippen molar-refractivity contribution >= 4 is 5.82 Å². The first-order valence-electron chi connectivity index (χ1n) is 4.72. The van der Waals surface area contributed by atoms with E-state index in [1.165, 1.54) is 0 Å². The molecule has 1 unspecified atom stereocenters. The van der Waals surface area contributed by atoms with Crippen LogP contribution < -0.4 is 5.73 Å². The van der Waals surface area contributed by atoms with E-state index in [0.717, 1.165) is 5.56 Å². The fourth-order valence-electron chi connectivity index (χ4n) is 1.48. The van der Waals surface area contributed by atoms with Gasteiger partial charge in [-0.3, -0.25) is 0 Å². The van der Waals surface area contributed by atoms with Crippen LogP contribution in [0.25, 0.3) is 0 Å². The molecule has 3 nitrogen and oxygen atoms in total. The molecule has 0 aliphatic rings. The van der Waals surface area contributed by atoms with Crippen LogP contribution in [0.5, 0.6) is 0 Å². The molecule has 0 bridgehead atoms. The van der Waals surface area contributed by atoms with Crippen LogP contribution in [0, 0.1) is 0 Å². The zero-order valence-electron chi connectivity index (χ0n) is 8.17. The highest BCUT2D eigenvalue weighted by molar-refractivity contribution is 5.44. The lowest BCUT2D eigenvalue weighted by atomic mass is 10.0. The van der Waals surface area contributed by atoms with Gasteiger partial charge in [0.15, 0.2) is 0 Å². The smallest absolute Gasteiger partial charge is 0.129 e. The van der Waals surface area contributed by atoms with E-state index in [0.29, 0.717) is 11.4 Å². The Balaban J connectivity index is 2.37. The van der Waals surface area contributed by atoms with Gasteiger partial charge in [0.05, 0.1) is 0 Å². The lowest BCUT2D eigenvalue weighted by Gasteiger charge is -2.12. The van der Waals surface area contributed by atoms with Gasteiger partial charge in [-0.05, 0) is 11.6 Å². The number of anilines is 1. The molecular weight excluding hydrogens is 188 g/mol. The van der Waals surface area contributed by atoms with Crippen molar-refractivity contribution < 1.29 is 5.11 Å². The third-order valence-electron chi connectivity index (χ3n) is 2.28. The Morgan fingerprint density at radius 2 is 1.80 bits per heavy atom. The Kier molecular flexibility index (Phi) is 2.65. The maximum absolute atomic E-state index is 10.1. The Labute approximate surface area is 88.2 Å². The van der Waals surface area contributed by atoms with E-state index in [2.05, 4.69) is 4.98 Å². The molecular formula is C12H12N2O. The van der Waals surface area contributed by atoms with E-state index in [4.69, 9.17) is 5.73 Å². The van der Waals surface area contributed by atoms with Crippen LogP contribution in [-0.4, -0.2) is 10.1 Å². The molecule has 2 rings (SSSR count). The molecule has 0 fully saturated rings. The van der Waals surface area contributed by atoms with Gasteiger partial charge in [-0.25, -0.2) is 4.98 Å². The predicted molar refractivity (Wildman–Crippen MR) is 59.2 cm³/mol. The number of aliphatic hydroxyl groups excluding tert-OH is 1. The van der Waals surface area contributed by atoms with Gasteiger partial charge in [-0.15, -0.1) is 0 Å². The maximum atomic E-state index is 10.1. The number of nitrogens with zero attached hydrogens (tertiary/aromatic N) is 1. The van der Waals surface area contributed by atoms with Crippen molar-refractivity contribution in [2.75, 3.05) is 5.73 Å². The topological polar surface area (TPSA) is 59.1 Å². The number of hydrogen-bond donors (Lipinski definition) is 2. The number of nitrogens with two attached hydrogens (primary N) is 1. The van der Waals surface area contributed by atoms with Crippen molar-refractivity contribution in [1.82, 2.24) is 4.98 Å². The van der Waals surface area contributed by atoms with Crippen molar-refractivity contribution in [1.29, 1.82) is 0 Å². The molecule has 1 heterocycles. The minimum absolute atomic E-state index is 0.369.